The zero-order valence-electron chi connectivity index (χ0n) is 19.2. The molecule has 2 aromatic carbocycles. The maximum atomic E-state index is 11.7. The Kier molecular flexibility index (Phi) is 7.10. The van der Waals surface area contributed by atoms with Crippen molar-refractivity contribution in [2.45, 2.75) is 18.4 Å². The van der Waals surface area contributed by atoms with E-state index in [2.05, 4.69) is 27.0 Å². The monoisotopic (exact) mass is 475 g/mol. The van der Waals surface area contributed by atoms with Crippen LogP contribution >= 0.6 is 0 Å². The van der Waals surface area contributed by atoms with E-state index in [0.29, 0.717) is 31.0 Å². The molecule has 0 spiro atoms. The number of benzene rings is 2. The van der Waals surface area contributed by atoms with Crippen LogP contribution in [0.5, 0.6) is 5.75 Å². The molecule has 0 saturated carbocycles. The SMILES string of the molecule is CN1C(=O)CCOc2cc(C#CC3(O)COC3)ccc21.NC(=O)c1n[nH]c(Cc2ccccc2)n1. The molecule has 2 aliphatic rings. The van der Waals surface area contributed by atoms with E-state index in [0.717, 1.165) is 16.8 Å². The van der Waals surface area contributed by atoms with Gasteiger partial charge in [0, 0.05) is 19.0 Å². The van der Waals surface area contributed by atoms with Crippen LogP contribution in [0.2, 0.25) is 0 Å². The number of amides is 2. The fourth-order valence-corrected chi connectivity index (χ4v) is 3.36. The average Bonchev–Trinajstić information content (AvgIpc) is 3.26. The van der Waals surface area contributed by atoms with Gasteiger partial charge in [0.15, 0.2) is 5.60 Å². The van der Waals surface area contributed by atoms with Gasteiger partial charge in [-0.05, 0) is 23.8 Å². The van der Waals surface area contributed by atoms with Crippen LogP contribution in [0.15, 0.2) is 48.5 Å². The maximum Gasteiger partial charge on any atom is 0.288 e. The molecule has 2 amide bonds. The normalized spacial score (nSPS) is 15.7. The van der Waals surface area contributed by atoms with Gasteiger partial charge in [-0.3, -0.25) is 14.7 Å². The van der Waals surface area contributed by atoms with Crippen LogP contribution in [0.3, 0.4) is 0 Å². The van der Waals surface area contributed by atoms with Gasteiger partial charge in [0.1, 0.15) is 11.6 Å². The van der Waals surface area contributed by atoms with Crippen molar-refractivity contribution in [2.75, 3.05) is 31.8 Å². The molecule has 10 nitrogen and oxygen atoms in total. The van der Waals surface area contributed by atoms with Gasteiger partial charge in [0.05, 0.1) is 31.9 Å². The second-order valence-corrected chi connectivity index (χ2v) is 8.14. The molecule has 5 rings (SSSR count). The van der Waals surface area contributed by atoms with Crippen molar-refractivity contribution in [2.24, 2.45) is 5.73 Å². The van der Waals surface area contributed by atoms with Crippen LogP contribution in [-0.4, -0.2) is 64.6 Å². The average molecular weight is 476 g/mol. The first kappa shape index (κ1) is 23.9. The van der Waals surface area contributed by atoms with Crippen molar-refractivity contribution in [3.8, 4) is 17.6 Å². The molecule has 0 radical (unpaired) electrons. The third kappa shape index (κ3) is 6.03. The molecule has 3 aromatic rings. The lowest BCUT2D eigenvalue weighted by molar-refractivity contribution is -0.140. The molecule has 1 fully saturated rings. The number of nitrogens with two attached hydrogens (primary N) is 1. The molecular weight excluding hydrogens is 450 g/mol. The van der Waals surface area contributed by atoms with Gasteiger partial charge in [-0.25, -0.2) is 4.98 Å². The van der Waals surface area contributed by atoms with Gasteiger partial charge in [0.25, 0.3) is 5.91 Å². The Hall–Kier alpha value is -4.20. The smallest absolute Gasteiger partial charge is 0.288 e. The third-order valence-corrected chi connectivity index (χ3v) is 5.36. The van der Waals surface area contributed by atoms with Gasteiger partial charge in [0.2, 0.25) is 11.7 Å². The van der Waals surface area contributed by atoms with Crippen molar-refractivity contribution < 1.29 is 24.2 Å². The van der Waals surface area contributed by atoms with Crippen molar-refractivity contribution >= 4 is 17.5 Å². The van der Waals surface area contributed by atoms with Crippen LogP contribution < -0.4 is 15.4 Å². The van der Waals surface area contributed by atoms with Crippen molar-refractivity contribution in [1.29, 1.82) is 0 Å². The van der Waals surface area contributed by atoms with E-state index in [1.165, 1.54) is 0 Å². The number of ether oxygens (including phenoxy) is 2. The molecule has 0 bridgehead atoms. The number of nitrogens with one attached hydrogen (secondary N) is 1. The summed E-state index contributed by atoms with van der Waals surface area (Å²) in [5.74, 6) is 6.43. The highest BCUT2D eigenvalue weighted by molar-refractivity contribution is 5.95. The molecule has 0 aliphatic carbocycles. The van der Waals surface area contributed by atoms with Crippen LogP contribution in [0, 0.1) is 11.8 Å². The number of aromatic nitrogens is 3. The summed E-state index contributed by atoms with van der Waals surface area (Å²) in [6, 6.07) is 15.2. The van der Waals surface area contributed by atoms with Gasteiger partial charge in [-0.1, -0.05) is 42.2 Å². The highest BCUT2D eigenvalue weighted by atomic mass is 16.5. The molecular formula is C25H25N5O5. The lowest BCUT2D eigenvalue weighted by atomic mass is 10.0. The van der Waals surface area contributed by atoms with Gasteiger partial charge in [-0.2, -0.15) is 0 Å². The Balaban J connectivity index is 0.000000172. The van der Waals surface area contributed by atoms with Crippen molar-refractivity contribution in [1.82, 2.24) is 15.2 Å². The second kappa shape index (κ2) is 10.4. The quantitative estimate of drug-likeness (QED) is 0.480. The van der Waals surface area contributed by atoms with Crippen LogP contribution in [-0.2, 0) is 16.0 Å². The number of nitrogens with zero attached hydrogens (tertiary/aromatic N) is 3. The first-order valence-corrected chi connectivity index (χ1v) is 10.9. The highest BCUT2D eigenvalue weighted by Gasteiger charge is 2.33. The van der Waals surface area contributed by atoms with E-state index in [1.807, 2.05) is 42.5 Å². The number of primary amides is 1. The molecule has 4 N–H and O–H groups in total. The Morgan fingerprint density at radius 3 is 2.69 bits per heavy atom. The van der Waals surface area contributed by atoms with Gasteiger partial charge < -0.3 is 25.2 Å². The fraction of sp³-hybridized carbons (Fsp3) is 0.280. The third-order valence-electron chi connectivity index (χ3n) is 5.36. The van der Waals surface area contributed by atoms with Crippen molar-refractivity contribution in [3.05, 3.63) is 71.3 Å². The molecule has 2 aliphatic heterocycles. The van der Waals surface area contributed by atoms with E-state index >= 15 is 0 Å². The molecule has 3 heterocycles. The predicted octanol–water partition coefficient (Wildman–Crippen LogP) is 1.04. The number of carbonyl (C=O) groups is 2. The molecule has 180 valence electrons. The zero-order valence-corrected chi connectivity index (χ0v) is 19.2. The second-order valence-electron chi connectivity index (χ2n) is 8.14. The molecule has 1 aromatic heterocycles. The Morgan fingerprint density at radius 1 is 1.26 bits per heavy atom. The minimum Gasteiger partial charge on any atom is -0.491 e. The minimum absolute atomic E-state index is 0.0286. The Morgan fingerprint density at radius 2 is 2.03 bits per heavy atom. The van der Waals surface area contributed by atoms with Crippen molar-refractivity contribution in [3.63, 3.8) is 0 Å². The zero-order chi connectivity index (χ0) is 24.8. The summed E-state index contributed by atoms with van der Waals surface area (Å²) in [6.07, 6.45) is 0.977. The first-order chi connectivity index (χ1) is 16.8. The highest BCUT2D eigenvalue weighted by Crippen LogP contribution is 2.31. The number of H-pyrrole nitrogens is 1. The number of fused-ring (bicyclic) bond motifs is 1. The van der Waals surface area contributed by atoms with E-state index in [1.54, 1.807) is 18.0 Å². The summed E-state index contributed by atoms with van der Waals surface area (Å²) in [5.41, 5.74) is 6.59. The van der Waals surface area contributed by atoms with Crippen LogP contribution in [0.4, 0.5) is 5.69 Å². The summed E-state index contributed by atoms with van der Waals surface area (Å²) >= 11 is 0. The molecule has 0 atom stereocenters. The van der Waals surface area contributed by atoms with Gasteiger partial charge in [-0.15, -0.1) is 5.10 Å². The minimum atomic E-state index is -1.03. The summed E-state index contributed by atoms with van der Waals surface area (Å²) in [7, 11) is 1.73. The predicted molar refractivity (Wildman–Crippen MR) is 127 cm³/mol. The number of carbonyl (C=O) groups excluding carboxylic acids is 2. The van der Waals surface area contributed by atoms with Crippen LogP contribution in [0.25, 0.3) is 0 Å². The number of hydrogen-bond donors (Lipinski definition) is 3. The maximum absolute atomic E-state index is 11.7. The number of anilines is 1. The van der Waals surface area contributed by atoms with E-state index < -0.39 is 11.5 Å². The topological polar surface area (TPSA) is 144 Å². The number of aliphatic hydroxyl groups is 1. The van der Waals surface area contributed by atoms with E-state index in [9.17, 15) is 14.7 Å². The summed E-state index contributed by atoms with van der Waals surface area (Å²) < 4.78 is 10.5. The largest absolute Gasteiger partial charge is 0.491 e. The number of hydrogen-bond acceptors (Lipinski definition) is 7. The lowest BCUT2D eigenvalue weighted by Gasteiger charge is -2.30. The Labute approximate surface area is 202 Å². The molecule has 0 unspecified atom stereocenters. The molecule has 1 saturated heterocycles. The molecule has 35 heavy (non-hydrogen) atoms. The summed E-state index contributed by atoms with van der Waals surface area (Å²) in [5, 5.41) is 16.2. The molecule has 10 heteroatoms. The lowest BCUT2D eigenvalue weighted by Crippen LogP contribution is -2.48. The van der Waals surface area contributed by atoms with Crippen LogP contribution in [0.1, 0.15) is 34.0 Å². The van der Waals surface area contributed by atoms with E-state index in [-0.39, 0.29) is 24.9 Å². The standard InChI is InChI=1S/C15H15NO4.C10H10N4O/c1-16-12-3-2-11(4-6-15(18)9-19-10-15)8-13(12)20-7-5-14(16)17;11-9(15)10-12-8(13-14-10)6-7-4-2-1-3-5-7/h2-3,8,18H,5,7,9-10H2,1H3;1-5H,6H2,(H2,11,15)(H,12,13,14). The first-order valence-electron chi connectivity index (χ1n) is 10.9. The summed E-state index contributed by atoms with van der Waals surface area (Å²) in [4.78, 5) is 28.0. The number of aromatic amines is 1. The van der Waals surface area contributed by atoms with Gasteiger partial charge >= 0.3 is 0 Å². The summed E-state index contributed by atoms with van der Waals surface area (Å²) in [6.45, 7) is 0.863. The number of rotatable bonds is 3. The Bertz CT molecular complexity index is 1270. The fourth-order valence-electron chi connectivity index (χ4n) is 3.36. The van der Waals surface area contributed by atoms with E-state index in [4.69, 9.17) is 15.2 Å².